The molecule has 1 N–H and O–H groups in total. The van der Waals surface area contributed by atoms with Crippen LogP contribution >= 0.6 is 11.6 Å². The standard InChI is InChI=1S/C17H31ClN2/c1-4-17(3)13-19-16(15-8-6-5-7-9-15)12-20(17)11-14(2)10-18/h10,15-16,19H,4-9,11-13H2,1-3H3. The van der Waals surface area contributed by atoms with E-state index in [1.807, 2.05) is 0 Å². The van der Waals surface area contributed by atoms with Crippen LogP contribution in [-0.4, -0.2) is 36.1 Å². The van der Waals surface area contributed by atoms with Crippen LogP contribution in [0.2, 0.25) is 0 Å². The summed E-state index contributed by atoms with van der Waals surface area (Å²) in [6.45, 7) is 10.1. The van der Waals surface area contributed by atoms with E-state index in [1.165, 1.54) is 50.6 Å². The van der Waals surface area contributed by atoms with Gasteiger partial charge in [-0.1, -0.05) is 37.8 Å². The largest absolute Gasteiger partial charge is 0.311 e. The minimum atomic E-state index is 0.270. The smallest absolute Gasteiger partial charge is 0.0307 e. The van der Waals surface area contributed by atoms with E-state index in [2.05, 4.69) is 31.0 Å². The first kappa shape index (κ1) is 16.3. The Kier molecular flexibility index (Phi) is 5.95. The molecule has 116 valence electrons. The minimum Gasteiger partial charge on any atom is -0.311 e. The first-order valence-corrected chi connectivity index (χ1v) is 8.77. The zero-order chi connectivity index (χ0) is 14.6. The predicted molar refractivity (Wildman–Crippen MR) is 88.2 cm³/mol. The molecule has 2 rings (SSSR count). The number of nitrogens with zero attached hydrogens (tertiary/aromatic N) is 1. The summed E-state index contributed by atoms with van der Waals surface area (Å²) in [5, 5.41) is 3.86. The van der Waals surface area contributed by atoms with Crippen molar-refractivity contribution in [3.8, 4) is 0 Å². The first-order valence-electron chi connectivity index (χ1n) is 8.33. The Morgan fingerprint density at radius 1 is 1.35 bits per heavy atom. The van der Waals surface area contributed by atoms with Gasteiger partial charge in [0.1, 0.15) is 0 Å². The molecule has 0 aromatic carbocycles. The number of halogens is 1. The second-order valence-corrected chi connectivity index (χ2v) is 7.29. The van der Waals surface area contributed by atoms with E-state index in [4.69, 9.17) is 11.6 Å². The number of piperazine rings is 1. The molecule has 2 unspecified atom stereocenters. The van der Waals surface area contributed by atoms with Gasteiger partial charge in [-0.25, -0.2) is 0 Å². The second kappa shape index (κ2) is 7.29. The third kappa shape index (κ3) is 3.78. The van der Waals surface area contributed by atoms with Gasteiger partial charge < -0.3 is 5.32 Å². The molecule has 0 aromatic heterocycles. The summed E-state index contributed by atoms with van der Waals surface area (Å²) in [7, 11) is 0. The maximum absolute atomic E-state index is 5.89. The van der Waals surface area contributed by atoms with Crippen molar-refractivity contribution in [2.75, 3.05) is 19.6 Å². The Balaban J connectivity index is 2.03. The van der Waals surface area contributed by atoms with E-state index >= 15 is 0 Å². The summed E-state index contributed by atoms with van der Waals surface area (Å²) in [4.78, 5) is 2.66. The van der Waals surface area contributed by atoms with Crippen molar-refractivity contribution in [1.82, 2.24) is 10.2 Å². The topological polar surface area (TPSA) is 15.3 Å². The quantitative estimate of drug-likeness (QED) is 0.839. The van der Waals surface area contributed by atoms with Crippen molar-refractivity contribution in [2.45, 2.75) is 70.9 Å². The average molecular weight is 299 g/mol. The molecule has 0 amide bonds. The van der Waals surface area contributed by atoms with Crippen LogP contribution in [0.3, 0.4) is 0 Å². The van der Waals surface area contributed by atoms with Crippen molar-refractivity contribution >= 4 is 11.6 Å². The van der Waals surface area contributed by atoms with Crippen molar-refractivity contribution in [1.29, 1.82) is 0 Å². The monoisotopic (exact) mass is 298 g/mol. The molecule has 1 aliphatic heterocycles. The van der Waals surface area contributed by atoms with Crippen LogP contribution in [0.25, 0.3) is 0 Å². The lowest BCUT2D eigenvalue weighted by molar-refractivity contribution is 0.0373. The van der Waals surface area contributed by atoms with E-state index in [0.29, 0.717) is 6.04 Å². The third-order valence-electron chi connectivity index (χ3n) is 5.53. The van der Waals surface area contributed by atoms with Crippen LogP contribution in [-0.2, 0) is 0 Å². The fraction of sp³-hybridized carbons (Fsp3) is 0.882. The molecule has 20 heavy (non-hydrogen) atoms. The van der Waals surface area contributed by atoms with Gasteiger partial charge in [0.15, 0.2) is 0 Å². The molecule has 1 aliphatic carbocycles. The molecule has 2 fully saturated rings. The Morgan fingerprint density at radius 3 is 2.65 bits per heavy atom. The molecule has 1 saturated carbocycles. The summed E-state index contributed by atoms with van der Waals surface area (Å²) in [5.74, 6) is 0.882. The zero-order valence-electron chi connectivity index (χ0n) is 13.4. The molecule has 0 bridgehead atoms. The van der Waals surface area contributed by atoms with E-state index in [-0.39, 0.29) is 5.54 Å². The summed E-state index contributed by atoms with van der Waals surface area (Å²) in [5.41, 5.74) is 3.29. The predicted octanol–water partition coefficient (Wildman–Crippen LogP) is 4.15. The lowest BCUT2D eigenvalue weighted by Gasteiger charge is -2.50. The van der Waals surface area contributed by atoms with Crippen LogP contribution in [0.4, 0.5) is 0 Å². The van der Waals surface area contributed by atoms with E-state index in [1.54, 1.807) is 5.54 Å². The van der Waals surface area contributed by atoms with Crippen LogP contribution in [0, 0.1) is 5.92 Å². The van der Waals surface area contributed by atoms with E-state index in [9.17, 15) is 0 Å². The molecule has 2 aliphatic rings. The van der Waals surface area contributed by atoms with Crippen molar-refractivity contribution in [3.05, 3.63) is 11.1 Å². The number of nitrogens with one attached hydrogen (secondary N) is 1. The fourth-order valence-electron chi connectivity index (χ4n) is 3.78. The molecular formula is C17H31ClN2. The van der Waals surface area contributed by atoms with Gasteiger partial charge in [-0.3, -0.25) is 4.90 Å². The minimum absolute atomic E-state index is 0.270. The number of hydrogen-bond acceptors (Lipinski definition) is 2. The molecule has 1 saturated heterocycles. The zero-order valence-corrected chi connectivity index (χ0v) is 14.2. The van der Waals surface area contributed by atoms with Crippen molar-refractivity contribution < 1.29 is 0 Å². The summed E-state index contributed by atoms with van der Waals surface area (Å²) in [6, 6.07) is 0.679. The molecule has 0 spiro atoms. The normalized spacial score (nSPS) is 34.4. The highest BCUT2D eigenvalue weighted by atomic mass is 35.5. The van der Waals surface area contributed by atoms with Crippen LogP contribution < -0.4 is 5.32 Å². The first-order chi connectivity index (χ1) is 9.59. The Hall–Kier alpha value is -0.0500. The van der Waals surface area contributed by atoms with Gasteiger partial charge in [-0.05, 0) is 44.6 Å². The fourth-order valence-corrected chi connectivity index (χ4v) is 3.85. The van der Waals surface area contributed by atoms with Gasteiger partial charge in [0, 0.05) is 36.8 Å². The maximum Gasteiger partial charge on any atom is 0.0307 e. The van der Waals surface area contributed by atoms with Crippen LogP contribution in [0.15, 0.2) is 11.1 Å². The third-order valence-corrected chi connectivity index (χ3v) is 5.91. The number of hydrogen-bond donors (Lipinski definition) is 1. The molecule has 2 nitrogen and oxygen atoms in total. The van der Waals surface area contributed by atoms with E-state index < -0.39 is 0 Å². The van der Waals surface area contributed by atoms with Crippen molar-refractivity contribution in [2.24, 2.45) is 5.92 Å². The Labute approximate surface area is 129 Å². The number of rotatable bonds is 4. The maximum atomic E-state index is 5.89. The molecular weight excluding hydrogens is 268 g/mol. The van der Waals surface area contributed by atoms with Crippen LogP contribution in [0.1, 0.15) is 59.3 Å². The van der Waals surface area contributed by atoms with Crippen molar-refractivity contribution in [3.63, 3.8) is 0 Å². The Bertz CT molecular complexity index is 336. The molecule has 0 aromatic rings. The van der Waals surface area contributed by atoms with Gasteiger partial charge in [-0.15, -0.1) is 0 Å². The lowest BCUT2D eigenvalue weighted by atomic mass is 9.80. The molecule has 1 heterocycles. The van der Waals surface area contributed by atoms with E-state index in [0.717, 1.165) is 19.0 Å². The molecule has 0 radical (unpaired) electrons. The average Bonchev–Trinajstić information content (AvgIpc) is 2.50. The summed E-state index contributed by atoms with van der Waals surface area (Å²) >= 11 is 5.89. The van der Waals surface area contributed by atoms with Crippen LogP contribution in [0.5, 0.6) is 0 Å². The SMILES string of the molecule is CCC1(C)CNC(C2CCCCC2)CN1CC(C)=CCl. The highest BCUT2D eigenvalue weighted by Crippen LogP contribution is 2.31. The molecule has 2 atom stereocenters. The van der Waals surface area contributed by atoms with Gasteiger partial charge in [-0.2, -0.15) is 0 Å². The van der Waals surface area contributed by atoms with Gasteiger partial charge >= 0.3 is 0 Å². The highest BCUT2D eigenvalue weighted by molar-refractivity contribution is 6.25. The summed E-state index contributed by atoms with van der Waals surface area (Å²) < 4.78 is 0. The van der Waals surface area contributed by atoms with Gasteiger partial charge in [0.25, 0.3) is 0 Å². The Morgan fingerprint density at radius 2 is 2.05 bits per heavy atom. The van der Waals surface area contributed by atoms with Gasteiger partial charge in [0.05, 0.1) is 0 Å². The highest BCUT2D eigenvalue weighted by Gasteiger charge is 2.38. The molecule has 3 heteroatoms. The van der Waals surface area contributed by atoms with Gasteiger partial charge in [0.2, 0.25) is 0 Å². The second-order valence-electron chi connectivity index (χ2n) is 7.07. The summed E-state index contributed by atoms with van der Waals surface area (Å²) in [6.07, 6.45) is 8.31. The lowest BCUT2D eigenvalue weighted by Crippen LogP contribution is -2.64.